The number of rotatable bonds is 4. The second kappa shape index (κ2) is 5.51. The number of nitrogens with one attached hydrogen (secondary N) is 1. The maximum Gasteiger partial charge on any atom is 0.151 e. The Hall–Kier alpha value is -0.0700. The summed E-state index contributed by atoms with van der Waals surface area (Å²) < 4.78 is 9.81. The van der Waals surface area contributed by atoms with Gasteiger partial charge in [0.25, 0.3) is 0 Å². The van der Waals surface area contributed by atoms with Crippen molar-refractivity contribution >= 4 is 27.9 Å². The molecule has 1 saturated heterocycles. The van der Waals surface area contributed by atoms with Crippen molar-refractivity contribution in [3.05, 3.63) is 28.7 Å². The summed E-state index contributed by atoms with van der Waals surface area (Å²) in [5.74, 6) is 0. The molecule has 16 heavy (non-hydrogen) atoms. The van der Waals surface area contributed by atoms with Crippen LogP contribution in [-0.2, 0) is 4.74 Å². The minimum Gasteiger partial charge on any atom is -0.392 e. The van der Waals surface area contributed by atoms with Crippen molar-refractivity contribution in [3.8, 4) is 0 Å². The first-order valence-corrected chi connectivity index (χ1v) is 6.80. The van der Waals surface area contributed by atoms with Crippen LogP contribution < -0.4 is 4.72 Å². The third-order valence-corrected chi connectivity index (χ3v) is 4.55. The van der Waals surface area contributed by atoms with Crippen molar-refractivity contribution in [2.45, 2.75) is 23.5 Å². The lowest BCUT2D eigenvalue weighted by Gasteiger charge is -2.26. The van der Waals surface area contributed by atoms with Gasteiger partial charge in [0.15, 0.2) is 5.72 Å². The van der Waals surface area contributed by atoms with E-state index in [4.69, 9.17) is 4.74 Å². The summed E-state index contributed by atoms with van der Waals surface area (Å²) in [7, 11) is 0. The van der Waals surface area contributed by atoms with Crippen molar-refractivity contribution in [1.82, 2.24) is 4.72 Å². The van der Waals surface area contributed by atoms with Crippen LogP contribution in [0.15, 0.2) is 33.6 Å². The average Bonchev–Trinajstić information content (AvgIpc) is 2.78. The molecule has 0 spiro atoms. The Bertz CT molecular complexity index is 356. The molecule has 0 saturated carbocycles. The Balaban J connectivity index is 1.98. The molecule has 88 valence electrons. The summed E-state index contributed by atoms with van der Waals surface area (Å²) in [4.78, 5) is 1.09. The van der Waals surface area contributed by atoms with Gasteiger partial charge in [-0.2, -0.15) is 0 Å². The van der Waals surface area contributed by atoms with Gasteiger partial charge in [-0.3, -0.25) is 0 Å². The van der Waals surface area contributed by atoms with Crippen molar-refractivity contribution in [2.24, 2.45) is 0 Å². The van der Waals surface area contributed by atoms with E-state index in [2.05, 4.69) is 20.7 Å². The van der Waals surface area contributed by atoms with Crippen molar-refractivity contribution in [2.75, 3.05) is 13.2 Å². The van der Waals surface area contributed by atoms with Gasteiger partial charge >= 0.3 is 0 Å². The van der Waals surface area contributed by atoms with Gasteiger partial charge < -0.3 is 9.84 Å². The highest BCUT2D eigenvalue weighted by atomic mass is 79.9. The van der Waals surface area contributed by atoms with Crippen LogP contribution in [0.25, 0.3) is 0 Å². The molecule has 2 N–H and O–H groups in total. The van der Waals surface area contributed by atoms with Crippen LogP contribution in [-0.4, -0.2) is 24.0 Å². The molecule has 0 amide bonds. The van der Waals surface area contributed by atoms with Gasteiger partial charge in [-0.05, 0) is 52.9 Å². The maximum absolute atomic E-state index is 9.35. The third kappa shape index (κ3) is 2.78. The highest BCUT2D eigenvalue weighted by Crippen LogP contribution is 2.30. The molecule has 0 bridgehead atoms. The Labute approximate surface area is 108 Å². The van der Waals surface area contributed by atoms with Gasteiger partial charge in [-0.25, -0.2) is 4.72 Å². The second-order valence-corrected chi connectivity index (χ2v) is 5.44. The number of ether oxygens (including phenoxy) is 1. The summed E-state index contributed by atoms with van der Waals surface area (Å²) in [6.07, 6.45) is 1.84. The van der Waals surface area contributed by atoms with Gasteiger partial charge in [0.1, 0.15) is 0 Å². The number of halogens is 1. The van der Waals surface area contributed by atoms with Crippen molar-refractivity contribution in [3.63, 3.8) is 0 Å². The molecule has 0 aliphatic carbocycles. The van der Waals surface area contributed by atoms with Crippen molar-refractivity contribution < 1.29 is 9.84 Å². The number of aliphatic hydroxyl groups is 1. The maximum atomic E-state index is 9.35. The molecule has 1 aliphatic heterocycles. The molecule has 0 aromatic heterocycles. The molecule has 1 heterocycles. The third-order valence-electron chi connectivity index (χ3n) is 2.54. The van der Waals surface area contributed by atoms with E-state index in [1.165, 1.54) is 11.9 Å². The molecular formula is C11H14BrNO2S. The summed E-state index contributed by atoms with van der Waals surface area (Å²) in [6, 6.07) is 7.96. The van der Waals surface area contributed by atoms with E-state index in [-0.39, 0.29) is 6.61 Å². The fraction of sp³-hybridized carbons (Fsp3) is 0.455. The lowest BCUT2D eigenvalue weighted by molar-refractivity contribution is -0.0445. The van der Waals surface area contributed by atoms with E-state index in [9.17, 15) is 5.11 Å². The van der Waals surface area contributed by atoms with Crippen LogP contribution in [0.4, 0.5) is 0 Å². The fourth-order valence-corrected chi connectivity index (χ4v) is 2.97. The normalized spacial score (nSPS) is 24.9. The average molecular weight is 304 g/mol. The first-order chi connectivity index (χ1) is 7.76. The molecule has 1 unspecified atom stereocenters. The highest BCUT2D eigenvalue weighted by Gasteiger charge is 2.34. The molecule has 5 heteroatoms. The molecule has 1 aromatic carbocycles. The van der Waals surface area contributed by atoms with Gasteiger partial charge in [0.05, 0.1) is 6.61 Å². The molecule has 1 atom stereocenters. The minimum absolute atomic E-state index is 0.00442. The van der Waals surface area contributed by atoms with Crippen molar-refractivity contribution in [1.29, 1.82) is 0 Å². The quantitative estimate of drug-likeness (QED) is 0.839. The second-order valence-electron chi connectivity index (χ2n) is 3.74. The predicted octanol–water partition coefficient (Wildman–Crippen LogP) is 2.54. The SMILES string of the molecule is OCC1(NSc2ccccc2Br)CCCO1. The molecular weight excluding hydrogens is 290 g/mol. The lowest BCUT2D eigenvalue weighted by Crippen LogP contribution is -2.44. The minimum atomic E-state index is -0.569. The molecule has 0 radical (unpaired) electrons. The summed E-state index contributed by atoms with van der Waals surface area (Å²) in [5, 5.41) is 9.35. The first kappa shape index (κ1) is 12.4. The Morgan fingerprint density at radius 2 is 2.31 bits per heavy atom. The van der Waals surface area contributed by atoms with Gasteiger partial charge in [-0.1, -0.05) is 12.1 Å². The smallest absolute Gasteiger partial charge is 0.151 e. The van der Waals surface area contributed by atoms with Gasteiger partial charge in [0, 0.05) is 16.0 Å². The summed E-state index contributed by atoms with van der Waals surface area (Å²) in [5.41, 5.74) is -0.569. The van der Waals surface area contributed by atoms with Crippen LogP contribution >= 0.6 is 27.9 Å². The van der Waals surface area contributed by atoms with Crippen LogP contribution in [0.1, 0.15) is 12.8 Å². The molecule has 1 aromatic rings. The standard InChI is InChI=1S/C11H14BrNO2S/c12-9-4-1-2-5-10(9)16-13-11(8-14)6-3-7-15-11/h1-2,4-5,13-14H,3,6-8H2. The van der Waals surface area contributed by atoms with E-state index in [0.717, 1.165) is 22.2 Å². The fourth-order valence-electron chi connectivity index (χ4n) is 1.61. The zero-order chi connectivity index (χ0) is 11.4. The number of aliphatic hydroxyl groups excluding tert-OH is 1. The zero-order valence-corrected chi connectivity index (χ0v) is 11.2. The topological polar surface area (TPSA) is 41.5 Å². The molecule has 3 nitrogen and oxygen atoms in total. The molecule has 1 fully saturated rings. The Morgan fingerprint density at radius 1 is 1.50 bits per heavy atom. The van der Waals surface area contributed by atoms with E-state index in [1.807, 2.05) is 24.3 Å². The van der Waals surface area contributed by atoms with Crippen LogP contribution in [0.5, 0.6) is 0 Å². The zero-order valence-electron chi connectivity index (χ0n) is 8.78. The van der Waals surface area contributed by atoms with Crippen LogP contribution in [0, 0.1) is 0 Å². The van der Waals surface area contributed by atoms with E-state index in [1.54, 1.807) is 0 Å². The molecule has 2 rings (SSSR count). The van der Waals surface area contributed by atoms with E-state index >= 15 is 0 Å². The van der Waals surface area contributed by atoms with Crippen LogP contribution in [0.3, 0.4) is 0 Å². The monoisotopic (exact) mass is 303 g/mol. The Morgan fingerprint density at radius 3 is 2.94 bits per heavy atom. The number of benzene rings is 1. The van der Waals surface area contributed by atoms with Crippen LogP contribution in [0.2, 0.25) is 0 Å². The van der Waals surface area contributed by atoms with E-state index < -0.39 is 5.72 Å². The first-order valence-electron chi connectivity index (χ1n) is 5.19. The largest absolute Gasteiger partial charge is 0.392 e. The molecule has 1 aliphatic rings. The summed E-state index contributed by atoms with van der Waals surface area (Å²) >= 11 is 4.97. The van der Waals surface area contributed by atoms with E-state index in [0.29, 0.717) is 6.61 Å². The van der Waals surface area contributed by atoms with Gasteiger partial charge in [0.2, 0.25) is 0 Å². The Kier molecular flexibility index (Phi) is 4.27. The highest BCUT2D eigenvalue weighted by molar-refractivity contribution is 9.10. The predicted molar refractivity (Wildman–Crippen MR) is 68.1 cm³/mol. The lowest BCUT2D eigenvalue weighted by atomic mass is 10.2. The number of hydrogen-bond donors (Lipinski definition) is 2. The number of hydrogen-bond acceptors (Lipinski definition) is 4. The summed E-state index contributed by atoms with van der Waals surface area (Å²) in [6.45, 7) is 0.717. The van der Waals surface area contributed by atoms with Gasteiger partial charge in [-0.15, -0.1) is 0 Å².